The molecular formula is C23H22ClN7O. The van der Waals surface area contributed by atoms with Gasteiger partial charge in [0.2, 0.25) is 0 Å². The van der Waals surface area contributed by atoms with Crippen molar-refractivity contribution in [2.24, 2.45) is 0 Å². The lowest BCUT2D eigenvalue weighted by Gasteiger charge is -2.36. The van der Waals surface area contributed by atoms with Crippen molar-refractivity contribution < 1.29 is 4.79 Å². The number of carbonyl (C=O) groups excluding carboxylic acids is 1. The van der Waals surface area contributed by atoms with Gasteiger partial charge in [-0.1, -0.05) is 11.6 Å². The third-order valence-electron chi connectivity index (χ3n) is 6.27. The molecule has 0 radical (unpaired) electrons. The number of aryl methyl sites for hydroxylation is 1. The highest BCUT2D eigenvalue weighted by Gasteiger charge is 2.29. The Hall–Kier alpha value is -3.26. The minimum absolute atomic E-state index is 0.0398. The number of fused-ring (bicyclic) bond motifs is 2. The largest absolute Gasteiger partial charge is 0.353 e. The number of nitrogens with zero attached hydrogens (tertiary/aromatic N) is 7. The maximum absolute atomic E-state index is 13.6. The van der Waals surface area contributed by atoms with Crippen LogP contribution in [0.25, 0.3) is 16.7 Å². The summed E-state index contributed by atoms with van der Waals surface area (Å²) in [5, 5.41) is 5.75. The maximum atomic E-state index is 13.6. The molecule has 0 bridgehead atoms. The van der Waals surface area contributed by atoms with Crippen molar-refractivity contribution in [2.45, 2.75) is 25.7 Å². The molecule has 1 aliphatic carbocycles. The van der Waals surface area contributed by atoms with Gasteiger partial charge in [-0.25, -0.2) is 4.98 Å². The van der Waals surface area contributed by atoms with Crippen LogP contribution in [0.5, 0.6) is 0 Å². The van der Waals surface area contributed by atoms with Gasteiger partial charge in [-0.2, -0.15) is 14.6 Å². The number of rotatable bonds is 3. The van der Waals surface area contributed by atoms with Gasteiger partial charge in [0.15, 0.2) is 0 Å². The van der Waals surface area contributed by atoms with Crippen molar-refractivity contribution in [1.29, 1.82) is 0 Å². The molecule has 2 aliphatic rings. The fourth-order valence-corrected chi connectivity index (χ4v) is 4.60. The second kappa shape index (κ2) is 7.41. The Morgan fingerprint density at radius 3 is 2.66 bits per heavy atom. The zero-order chi connectivity index (χ0) is 21.8. The Balaban J connectivity index is 1.28. The Kier molecular flexibility index (Phi) is 4.50. The predicted molar refractivity (Wildman–Crippen MR) is 122 cm³/mol. The quantitative estimate of drug-likeness (QED) is 0.478. The molecule has 1 saturated carbocycles. The van der Waals surface area contributed by atoms with Gasteiger partial charge in [0, 0.05) is 60.0 Å². The molecule has 4 heterocycles. The van der Waals surface area contributed by atoms with Crippen molar-refractivity contribution >= 4 is 40.0 Å². The van der Waals surface area contributed by atoms with Crippen molar-refractivity contribution in [3.05, 3.63) is 58.6 Å². The van der Waals surface area contributed by atoms with Crippen molar-refractivity contribution in [2.75, 3.05) is 31.1 Å². The molecule has 3 aromatic heterocycles. The number of hydrogen-bond acceptors (Lipinski definition) is 6. The van der Waals surface area contributed by atoms with Crippen LogP contribution in [0.15, 0.2) is 36.7 Å². The van der Waals surface area contributed by atoms with E-state index in [1.807, 2.05) is 42.2 Å². The lowest BCUT2D eigenvalue weighted by molar-refractivity contribution is 0.0748. The molecule has 0 atom stereocenters. The Morgan fingerprint density at radius 1 is 1.06 bits per heavy atom. The normalized spacial score (nSPS) is 16.8. The van der Waals surface area contributed by atoms with Crippen LogP contribution in [0.2, 0.25) is 5.02 Å². The van der Waals surface area contributed by atoms with Crippen LogP contribution in [0, 0.1) is 6.92 Å². The van der Waals surface area contributed by atoms with Crippen LogP contribution in [-0.4, -0.2) is 61.6 Å². The van der Waals surface area contributed by atoms with Gasteiger partial charge in [0.25, 0.3) is 11.7 Å². The van der Waals surface area contributed by atoms with E-state index in [0.29, 0.717) is 48.5 Å². The summed E-state index contributed by atoms with van der Waals surface area (Å²) < 4.78 is 1.75. The monoisotopic (exact) mass is 447 g/mol. The van der Waals surface area contributed by atoms with E-state index in [0.717, 1.165) is 41.0 Å². The standard InChI is InChI=1S/C23H22ClN7O/c1-14-10-21(31-23(27-14)25-13-26-31)29-6-8-30(9-7-29)22(32)18-12-20(15-2-3-15)28-19-5-4-16(24)11-17(18)19/h4-5,10-13,15H,2-3,6-9H2,1H3. The summed E-state index contributed by atoms with van der Waals surface area (Å²) in [6, 6.07) is 9.59. The summed E-state index contributed by atoms with van der Waals surface area (Å²) >= 11 is 6.26. The Bertz CT molecular complexity index is 1360. The molecule has 0 spiro atoms. The molecule has 1 aliphatic heterocycles. The number of halogens is 1. The smallest absolute Gasteiger partial charge is 0.254 e. The number of anilines is 1. The molecule has 1 aromatic carbocycles. The van der Waals surface area contributed by atoms with Gasteiger partial charge < -0.3 is 9.80 Å². The van der Waals surface area contributed by atoms with Crippen LogP contribution in [0.1, 0.15) is 40.5 Å². The highest BCUT2D eigenvalue weighted by Crippen LogP contribution is 2.40. The summed E-state index contributed by atoms with van der Waals surface area (Å²) in [5.74, 6) is 2.05. The molecule has 162 valence electrons. The number of benzene rings is 1. The Morgan fingerprint density at radius 2 is 1.88 bits per heavy atom. The molecule has 4 aromatic rings. The number of aromatic nitrogens is 5. The number of hydrogen-bond donors (Lipinski definition) is 0. The minimum atomic E-state index is 0.0398. The second-order valence-electron chi connectivity index (χ2n) is 8.54. The molecule has 2 fully saturated rings. The first-order chi connectivity index (χ1) is 15.6. The first-order valence-corrected chi connectivity index (χ1v) is 11.3. The minimum Gasteiger partial charge on any atom is -0.353 e. The SMILES string of the molecule is Cc1cc(N2CCN(C(=O)c3cc(C4CC4)nc4ccc(Cl)cc34)CC2)n2ncnc2n1. The van der Waals surface area contributed by atoms with Crippen molar-refractivity contribution in [1.82, 2.24) is 29.5 Å². The average molecular weight is 448 g/mol. The van der Waals surface area contributed by atoms with Crippen molar-refractivity contribution in [3.8, 4) is 0 Å². The highest BCUT2D eigenvalue weighted by molar-refractivity contribution is 6.31. The molecule has 0 N–H and O–H groups in total. The van der Waals surface area contributed by atoms with Crippen LogP contribution in [-0.2, 0) is 0 Å². The zero-order valence-electron chi connectivity index (χ0n) is 17.7. The summed E-state index contributed by atoms with van der Waals surface area (Å²) in [6.45, 7) is 4.63. The van der Waals surface area contributed by atoms with Crippen LogP contribution in [0.3, 0.4) is 0 Å². The average Bonchev–Trinajstić information content (AvgIpc) is 3.55. The lowest BCUT2D eigenvalue weighted by atomic mass is 10.0. The van der Waals surface area contributed by atoms with Crippen LogP contribution in [0.4, 0.5) is 5.82 Å². The van der Waals surface area contributed by atoms with Gasteiger partial charge in [0.05, 0.1) is 11.1 Å². The van der Waals surface area contributed by atoms with Crippen LogP contribution >= 0.6 is 11.6 Å². The van der Waals surface area contributed by atoms with Gasteiger partial charge in [0.1, 0.15) is 12.1 Å². The predicted octanol–water partition coefficient (Wildman–Crippen LogP) is 3.47. The Labute approximate surface area is 189 Å². The second-order valence-corrected chi connectivity index (χ2v) is 8.97. The van der Waals surface area contributed by atoms with Gasteiger partial charge in [-0.05, 0) is 44.0 Å². The molecule has 0 unspecified atom stereocenters. The van der Waals surface area contributed by atoms with E-state index in [4.69, 9.17) is 16.6 Å². The topological polar surface area (TPSA) is 79.5 Å². The summed E-state index contributed by atoms with van der Waals surface area (Å²) in [4.78, 5) is 31.2. The van der Waals surface area contributed by atoms with Gasteiger partial charge in [-0.15, -0.1) is 0 Å². The van der Waals surface area contributed by atoms with Crippen molar-refractivity contribution in [3.63, 3.8) is 0 Å². The third kappa shape index (κ3) is 3.35. The third-order valence-corrected chi connectivity index (χ3v) is 6.50. The number of piperazine rings is 1. The first kappa shape index (κ1) is 19.4. The zero-order valence-corrected chi connectivity index (χ0v) is 18.5. The molecule has 8 nitrogen and oxygen atoms in total. The highest BCUT2D eigenvalue weighted by atomic mass is 35.5. The van der Waals surface area contributed by atoms with Crippen LogP contribution < -0.4 is 4.90 Å². The molecule has 9 heteroatoms. The lowest BCUT2D eigenvalue weighted by Crippen LogP contribution is -2.49. The maximum Gasteiger partial charge on any atom is 0.254 e. The van der Waals surface area contributed by atoms with E-state index in [1.54, 1.807) is 4.52 Å². The summed E-state index contributed by atoms with van der Waals surface area (Å²) in [5.41, 5.74) is 3.45. The molecule has 1 saturated heterocycles. The summed E-state index contributed by atoms with van der Waals surface area (Å²) in [7, 11) is 0. The fourth-order valence-electron chi connectivity index (χ4n) is 4.43. The van der Waals surface area contributed by atoms with Gasteiger partial charge >= 0.3 is 0 Å². The fraction of sp³-hybridized carbons (Fsp3) is 0.348. The number of pyridine rings is 1. The van der Waals surface area contributed by atoms with E-state index in [2.05, 4.69) is 20.0 Å². The molecular weight excluding hydrogens is 426 g/mol. The molecule has 1 amide bonds. The van der Waals surface area contributed by atoms with E-state index in [9.17, 15) is 4.79 Å². The van der Waals surface area contributed by atoms with E-state index < -0.39 is 0 Å². The van der Waals surface area contributed by atoms with E-state index in [-0.39, 0.29) is 5.91 Å². The number of carbonyl (C=O) groups is 1. The first-order valence-electron chi connectivity index (χ1n) is 10.9. The number of amides is 1. The van der Waals surface area contributed by atoms with Gasteiger partial charge in [-0.3, -0.25) is 9.78 Å². The molecule has 6 rings (SSSR count). The van der Waals surface area contributed by atoms with E-state index in [1.165, 1.54) is 6.33 Å². The van der Waals surface area contributed by atoms with E-state index >= 15 is 0 Å². The molecule has 32 heavy (non-hydrogen) atoms. The summed E-state index contributed by atoms with van der Waals surface area (Å²) in [6.07, 6.45) is 3.79.